The Kier molecular flexibility index (Phi) is 5.75. The van der Waals surface area contributed by atoms with Crippen LogP contribution in [0.2, 0.25) is 0 Å². The first-order valence-corrected chi connectivity index (χ1v) is 7.42. The van der Waals surface area contributed by atoms with Gasteiger partial charge in [-0.1, -0.05) is 6.92 Å². The molecule has 1 aliphatic carbocycles. The van der Waals surface area contributed by atoms with Crippen LogP contribution in [0.1, 0.15) is 39.0 Å². The van der Waals surface area contributed by atoms with Gasteiger partial charge >= 0.3 is 0 Å². The van der Waals surface area contributed by atoms with Crippen LogP contribution in [0.15, 0.2) is 0 Å². The zero-order valence-corrected chi connectivity index (χ0v) is 11.3. The van der Waals surface area contributed by atoms with E-state index in [-0.39, 0.29) is 0 Å². The van der Waals surface area contributed by atoms with E-state index in [1.807, 2.05) is 0 Å². The molecule has 2 fully saturated rings. The summed E-state index contributed by atoms with van der Waals surface area (Å²) in [6.45, 7) is 8.87. The van der Waals surface area contributed by atoms with Gasteiger partial charge in [0.25, 0.3) is 0 Å². The van der Waals surface area contributed by atoms with Crippen LogP contribution < -0.4 is 5.32 Å². The molecule has 1 saturated heterocycles. The molecular weight excluding hydrogens is 212 g/mol. The first-order chi connectivity index (χ1) is 8.38. The van der Waals surface area contributed by atoms with Crippen molar-refractivity contribution in [3.05, 3.63) is 0 Å². The third-order valence-corrected chi connectivity index (χ3v) is 3.88. The lowest BCUT2D eigenvalue weighted by molar-refractivity contribution is 0.0921. The van der Waals surface area contributed by atoms with Gasteiger partial charge in [0.15, 0.2) is 0 Å². The van der Waals surface area contributed by atoms with Crippen LogP contribution in [0.4, 0.5) is 0 Å². The molecule has 0 unspecified atom stereocenters. The zero-order chi connectivity index (χ0) is 11.9. The third-order valence-electron chi connectivity index (χ3n) is 3.88. The Labute approximate surface area is 106 Å². The summed E-state index contributed by atoms with van der Waals surface area (Å²) in [5.41, 5.74) is 0. The van der Waals surface area contributed by atoms with Gasteiger partial charge in [0.1, 0.15) is 0 Å². The molecule has 0 amide bonds. The van der Waals surface area contributed by atoms with Crippen molar-refractivity contribution in [2.45, 2.75) is 45.1 Å². The minimum atomic E-state index is 0.781. The van der Waals surface area contributed by atoms with Crippen LogP contribution in [0, 0.1) is 5.92 Å². The Morgan fingerprint density at radius 3 is 2.53 bits per heavy atom. The summed E-state index contributed by atoms with van der Waals surface area (Å²) < 4.78 is 5.54. The number of likely N-dealkylation sites (tertiary alicyclic amines) is 1. The normalized spacial score (nSPS) is 23.1. The van der Waals surface area contributed by atoms with Crippen LogP contribution >= 0.6 is 0 Å². The molecule has 17 heavy (non-hydrogen) atoms. The Bertz CT molecular complexity index is 198. The van der Waals surface area contributed by atoms with Crippen molar-refractivity contribution < 1.29 is 4.74 Å². The maximum Gasteiger partial charge on any atom is 0.0593 e. The van der Waals surface area contributed by atoms with Gasteiger partial charge in [0, 0.05) is 19.2 Å². The highest BCUT2D eigenvalue weighted by Gasteiger charge is 2.24. The Balaban J connectivity index is 1.48. The fourth-order valence-electron chi connectivity index (χ4n) is 2.46. The van der Waals surface area contributed by atoms with E-state index in [4.69, 9.17) is 4.74 Å². The van der Waals surface area contributed by atoms with E-state index in [2.05, 4.69) is 17.1 Å². The predicted octanol–water partition coefficient (Wildman–Crippen LogP) is 1.88. The molecular formula is C14H28N2O. The molecule has 3 heteroatoms. The van der Waals surface area contributed by atoms with Crippen LogP contribution in [-0.2, 0) is 4.74 Å². The Morgan fingerprint density at radius 1 is 1.12 bits per heavy atom. The molecule has 1 N–H and O–H groups in total. The van der Waals surface area contributed by atoms with Crippen molar-refractivity contribution in [3.63, 3.8) is 0 Å². The van der Waals surface area contributed by atoms with E-state index >= 15 is 0 Å². The molecule has 1 heterocycles. The molecule has 0 aromatic heterocycles. The number of rotatable bonds is 8. The van der Waals surface area contributed by atoms with Gasteiger partial charge < -0.3 is 15.0 Å². The second-order valence-electron chi connectivity index (χ2n) is 5.58. The van der Waals surface area contributed by atoms with Crippen LogP contribution in [0.5, 0.6) is 0 Å². The van der Waals surface area contributed by atoms with E-state index in [1.54, 1.807) is 0 Å². The molecule has 3 nitrogen and oxygen atoms in total. The maximum atomic E-state index is 5.54. The third kappa shape index (κ3) is 5.36. The van der Waals surface area contributed by atoms with Gasteiger partial charge in [-0.2, -0.15) is 0 Å². The molecule has 2 rings (SSSR count). The van der Waals surface area contributed by atoms with Gasteiger partial charge in [-0.15, -0.1) is 0 Å². The molecule has 1 aliphatic heterocycles. The summed E-state index contributed by atoms with van der Waals surface area (Å²) in [5, 5.41) is 3.72. The molecule has 0 radical (unpaired) electrons. The number of hydrogen-bond donors (Lipinski definition) is 1. The SMILES string of the molecule is CCCOCCN1CCC(NCC2CC2)CC1. The zero-order valence-electron chi connectivity index (χ0n) is 11.3. The van der Waals surface area contributed by atoms with Crippen molar-refractivity contribution in [2.75, 3.05) is 39.4 Å². The number of hydrogen-bond acceptors (Lipinski definition) is 3. The summed E-state index contributed by atoms with van der Waals surface area (Å²) in [5.74, 6) is 1.01. The predicted molar refractivity (Wildman–Crippen MR) is 71.3 cm³/mol. The Morgan fingerprint density at radius 2 is 1.88 bits per heavy atom. The Hall–Kier alpha value is -0.120. The second kappa shape index (κ2) is 7.34. The van der Waals surface area contributed by atoms with Gasteiger partial charge in [-0.3, -0.25) is 0 Å². The van der Waals surface area contributed by atoms with Crippen LogP contribution in [0.3, 0.4) is 0 Å². The second-order valence-corrected chi connectivity index (χ2v) is 5.58. The lowest BCUT2D eigenvalue weighted by atomic mass is 10.0. The molecule has 100 valence electrons. The number of nitrogens with one attached hydrogen (secondary N) is 1. The first-order valence-electron chi connectivity index (χ1n) is 7.42. The van der Waals surface area contributed by atoms with Crippen molar-refractivity contribution in [3.8, 4) is 0 Å². The minimum Gasteiger partial charge on any atom is -0.380 e. The average molecular weight is 240 g/mol. The number of piperidine rings is 1. The highest BCUT2D eigenvalue weighted by atomic mass is 16.5. The van der Waals surface area contributed by atoms with Gasteiger partial charge in [-0.05, 0) is 57.7 Å². The summed E-state index contributed by atoms with van der Waals surface area (Å²) >= 11 is 0. The maximum absolute atomic E-state index is 5.54. The molecule has 1 saturated carbocycles. The van der Waals surface area contributed by atoms with Crippen molar-refractivity contribution >= 4 is 0 Å². The van der Waals surface area contributed by atoms with Crippen LogP contribution in [0.25, 0.3) is 0 Å². The lowest BCUT2D eigenvalue weighted by Crippen LogP contribution is -2.44. The lowest BCUT2D eigenvalue weighted by Gasteiger charge is -2.32. The molecule has 0 aromatic rings. The number of nitrogens with zero attached hydrogens (tertiary/aromatic N) is 1. The van der Waals surface area contributed by atoms with Gasteiger partial charge in [-0.25, -0.2) is 0 Å². The van der Waals surface area contributed by atoms with E-state index < -0.39 is 0 Å². The van der Waals surface area contributed by atoms with Gasteiger partial charge in [0.2, 0.25) is 0 Å². The first kappa shape index (κ1) is 13.3. The molecule has 0 bridgehead atoms. The summed E-state index contributed by atoms with van der Waals surface area (Å²) in [6.07, 6.45) is 6.69. The standard InChI is InChI=1S/C14H28N2O/c1-2-10-17-11-9-16-7-5-14(6-8-16)15-12-13-3-4-13/h13-15H,2-12H2,1H3. The highest BCUT2D eigenvalue weighted by molar-refractivity contribution is 4.81. The quantitative estimate of drug-likeness (QED) is 0.656. The highest BCUT2D eigenvalue weighted by Crippen LogP contribution is 2.28. The van der Waals surface area contributed by atoms with E-state index in [1.165, 1.54) is 45.3 Å². The summed E-state index contributed by atoms with van der Waals surface area (Å²) in [4.78, 5) is 2.55. The van der Waals surface area contributed by atoms with E-state index in [0.717, 1.165) is 38.1 Å². The topological polar surface area (TPSA) is 24.5 Å². The van der Waals surface area contributed by atoms with Crippen molar-refractivity contribution in [1.82, 2.24) is 10.2 Å². The fourth-order valence-corrected chi connectivity index (χ4v) is 2.46. The molecule has 0 aromatic carbocycles. The molecule has 2 aliphatic rings. The number of ether oxygens (including phenoxy) is 1. The van der Waals surface area contributed by atoms with Crippen molar-refractivity contribution in [1.29, 1.82) is 0 Å². The fraction of sp³-hybridized carbons (Fsp3) is 1.00. The molecule has 0 spiro atoms. The largest absolute Gasteiger partial charge is 0.380 e. The van der Waals surface area contributed by atoms with E-state index in [9.17, 15) is 0 Å². The minimum absolute atomic E-state index is 0.781. The smallest absolute Gasteiger partial charge is 0.0593 e. The van der Waals surface area contributed by atoms with Crippen molar-refractivity contribution in [2.24, 2.45) is 5.92 Å². The monoisotopic (exact) mass is 240 g/mol. The van der Waals surface area contributed by atoms with Gasteiger partial charge in [0.05, 0.1) is 6.61 Å². The van der Waals surface area contributed by atoms with E-state index in [0.29, 0.717) is 0 Å². The average Bonchev–Trinajstić information content (AvgIpc) is 3.18. The van der Waals surface area contributed by atoms with Crippen LogP contribution in [-0.4, -0.2) is 50.3 Å². The molecule has 0 atom stereocenters. The summed E-state index contributed by atoms with van der Waals surface area (Å²) in [6, 6.07) is 0.781. The summed E-state index contributed by atoms with van der Waals surface area (Å²) in [7, 11) is 0.